The molecule has 0 unspecified atom stereocenters. The van der Waals surface area contributed by atoms with Crippen LogP contribution >= 0.6 is 11.6 Å². The number of ether oxygens (including phenoxy) is 2. The Morgan fingerprint density at radius 3 is 2.73 bits per heavy atom. The molecule has 0 radical (unpaired) electrons. The first kappa shape index (κ1) is 20.1. The molecule has 0 spiro atoms. The molecular weight excluding hydrogens is 350 g/mol. The SMILES string of the molecule is CCOc1ccccc1CCCNC(=O)[C@@H](C)Oc1ccc(Cl)c(C)c1. The summed E-state index contributed by atoms with van der Waals surface area (Å²) in [6, 6.07) is 13.4. The van der Waals surface area contributed by atoms with Gasteiger partial charge in [0.1, 0.15) is 11.5 Å². The van der Waals surface area contributed by atoms with Crippen LogP contribution in [-0.2, 0) is 11.2 Å². The van der Waals surface area contributed by atoms with Gasteiger partial charge < -0.3 is 14.8 Å². The van der Waals surface area contributed by atoms with E-state index in [1.165, 1.54) is 0 Å². The number of amides is 1. The number of benzene rings is 2. The van der Waals surface area contributed by atoms with E-state index >= 15 is 0 Å². The Kier molecular flexibility index (Phi) is 7.79. The lowest BCUT2D eigenvalue weighted by atomic mass is 10.1. The molecule has 1 atom stereocenters. The van der Waals surface area contributed by atoms with E-state index in [1.807, 2.05) is 38.1 Å². The Bertz CT molecular complexity index is 733. The summed E-state index contributed by atoms with van der Waals surface area (Å²) in [7, 11) is 0. The fraction of sp³-hybridized carbons (Fsp3) is 0.381. The maximum atomic E-state index is 12.2. The van der Waals surface area contributed by atoms with Gasteiger partial charge in [-0.25, -0.2) is 0 Å². The molecule has 0 bridgehead atoms. The molecule has 0 saturated heterocycles. The van der Waals surface area contributed by atoms with Crippen molar-refractivity contribution in [2.45, 2.75) is 39.7 Å². The third-order valence-electron chi connectivity index (χ3n) is 4.01. The van der Waals surface area contributed by atoms with E-state index in [1.54, 1.807) is 19.1 Å². The van der Waals surface area contributed by atoms with Crippen molar-refractivity contribution in [2.75, 3.05) is 13.2 Å². The van der Waals surface area contributed by atoms with Crippen molar-refractivity contribution in [2.24, 2.45) is 0 Å². The minimum atomic E-state index is -0.564. The summed E-state index contributed by atoms with van der Waals surface area (Å²) in [5.74, 6) is 1.42. The summed E-state index contributed by atoms with van der Waals surface area (Å²) in [6.45, 7) is 6.85. The molecule has 140 valence electrons. The molecule has 2 aromatic rings. The topological polar surface area (TPSA) is 47.6 Å². The van der Waals surface area contributed by atoms with Crippen LogP contribution in [0.3, 0.4) is 0 Å². The van der Waals surface area contributed by atoms with Crippen molar-refractivity contribution in [3.05, 3.63) is 58.6 Å². The molecule has 4 nitrogen and oxygen atoms in total. The highest BCUT2D eigenvalue weighted by molar-refractivity contribution is 6.31. The number of hydrogen-bond acceptors (Lipinski definition) is 3. The number of hydrogen-bond donors (Lipinski definition) is 1. The quantitative estimate of drug-likeness (QED) is 0.653. The van der Waals surface area contributed by atoms with Crippen LogP contribution in [0, 0.1) is 6.92 Å². The maximum absolute atomic E-state index is 12.2. The lowest BCUT2D eigenvalue weighted by Crippen LogP contribution is -2.36. The zero-order chi connectivity index (χ0) is 18.9. The number of aryl methyl sites for hydroxylation is 2. The van der Waals surface area contributed by atoms with E-state index in [0.29, 0.717) is 23.9 Å². The van der Waals surface area contributed by atoms with Crippen LogP contribution in [0.25, 0.3) is 0 Å². The normalized spacial score (nSPS) is 11.7. The Morgan fingerprint density at radius 2 is 2.00 bits per heavy atom. The maximum Gasteiger partial charge on any atom is 0.260 e. The summed E-state index contributed by atoms with van der Waals surface area (Å²) in [5.41, 5.74) is 2.08. The van der Waals surface area contributed by atoms with Gasteiger partial charge in [-0.05, 0) is 69.0 Å². The average Bonchev–Trinajstić information content (AvgIpc) is 2.63. The van der Waals surface area contributed by atoms with E-state index < -0.39 is 6.10 Å². The number of carbonyl (C=O) groups is 1. The van der Waals surface area contributed by atoms with Gasteiger partial charge in [0.25, 0.3) is 5.91 Å². The highest BCUT2D eigenvalue weighted by Crippen LogP contribution is 2.22. The Labute approximate surface area is 160 Å². The number of rotatable bonds is 9. The molecule has 26 heavy (non-hydrogen) atoms. The standard InChI is InChI=1S/C21H26ClNO3/c1-4-25-20-10-6-5-8-17(20)9-7-13-23-21(24)16(3)26-18-11-12-19(22)15(2)14-18/h5-6,8,10-12,14,16H,4,7,9,13H2,1-3H3,(H,23,24)/t16-/m1/s1. The van der Waals surface area contributed by atoms with Gasteiger partial charge in [-0.15, -0.1) is 0 Å². The van der Waals surface area contributed by atoms with Gasteiger partial charge in [0.15, 0.2) is 6.10 Å². The highest BCUT2D eigenvalue weighted by atomic mass is 35.5. The molecular formula is C21H26ClNO3. The summed E-state index contributed by atoms with van der Waals surface area (Å²) in [4.78, 5) is 12.2. The lowest BCUT2D eigenvalue weighted by molar-refractivity contribution is -0.127. The number of nitrogens with one attached hydrogen (secondary N) is 1. The summed E-state index contributed by atoms with van der Waals surface area (Å²) in [6.07, 6.45) is 1.12. The predicted octanol–water partition coefficient (Wildman–Crippen LogP) is 4.56. The van der Waals surface area contributed by atoms with Gasteiger partial charge in [0.05, 0.1) is 6.61 Å². The van der Waals surface area contributed by atoms with Crippen LogP contribution in [-0.4, -0.2) is 25.2 Å². The second-order valence-corrected chi connectivity index (χ2v) is 6.51. The molecule has 0 heterocycles. The Hall–Kier alpha value is -2.20. The first-order chi connectivity index (χ1) is 12.5. The third kappa shape index (κ3) is 5.95. The van der Waals surface area contributed by atoms with Crippen LogP contribution in [0.2, 0.25) is 5.02 Å². The average molecular weight is 376 g/mol. The molecule has 0 aliphatic heterocycles. The molecule has 0 aliphatic carbocycles. The molecule has 1 N–H and O–H groups in total. The second kappa shape index (κ2) is 10.1. The summed E-state index contributed by atoms with van der Waals surface area (Å²) >= 11 is 6.00. The van der Waals surface area contributed by atoms with Gasteiger partial charge in [0, 0.05) is 11.6 Å². The van der Waals surface area contributed by atoms with Crippen molar-refractivity contribution < 1.29 is 14.3 Å². The molecule has 1 amide bonds. The first-order valence-electron chi connectivity index (χ1n) is 8.92. The van der Waals surface area contributed by atoms with Gasteiger partial charge >= 0.3 is 0 Å². The molecule has 0 saturated carbocycles. The van der Waals surface area contributed by atoms with Crippen molar-refractivity contribution >= 4 is 17.5 Å². The number of carbonyl (C=O) groups excluding carboxylic acids is 1. The minimum absolute atomic E-state index is 0.129. The van der Waals surface area contributed by atoms with Crippen LogP contribution in [0.15, 0.2) is 42.5 Å². The molecule has 0 aliphatic rings. The predicted molar refractivity (Wildman–Crippen MR) is 105 cm³/mol. The van der Waals surface area contributed by atoms with Gasteiger partial charge in [0.2, 0.25) is 0 Å². The van der Waals surface area contributed by atoms with Gasteiger partial charge in [-0.2, -0.15) is 0 Å². The van der Waals surface area contributed by atoms with Gasteiger partial charge in [-0.3, -0.25) is 4.79 Å². The first-order valence-corrected chi connectivity index (χ1v) is 9.30. The molecule has 5 heteroatoms. The summed E-state index contributed by atoms with van der Waals surface area (Å²) < 4.78 is 11.3. The fourth-order valence-electron chi connectivity index (χ4n) is 2.59. The van der Waals surface area contributed by atoms with E-state index in [4.69, 9.17) is 21.1 Å². The van der Waals surface area contributed by atoms with E-state index in [9.17, 15) is 4.79 Å². The van der Waals surface area contributed by atoms with Crippen molar-refractivity contribution in [3.63, 3.8) is 0 Å². The Balaban J connectivity index is 1.77. The van der Waals surface area contributed by atoms with Crippen molar-refractivity contribution in [1.82, 2.24) is 5.32 Å². The Morgan fingerprint density at radius 1 is 1.23 bits per heavy atom. The highest BCUT2D eigenvalue weighted by Gasteiger charge is 2.14. The monoisotopic (exact) mass is 375 g/mol. The molecule has 0 aromatic heterocycles. The van der Waals surface area contributed by atoms with E-state index in [2.05, 4.69) is 11.4 Å². The largest absolute Gasteiger partial charge is 0.494 e. The van der Waals surface area contributed by atoms with Gasteiger partial charge in [-0.1, -0.05) is 29.8 Å². The molecule has 2 rings (SSSR count). The zero-order valence-corrected chi connectivity index (χ0v) is 16.3. The lowest BCUT2D eigenvalue weighted by Gasteiger charge is -2.15. The second-order valence-electron chi connectivity index (χ2n) is 6.11. The molecule has 2 aromatic carbocycles. The van der Waals surface area contributed by atoms with Crippen LogP contribution in [0.4, 0.5) is 0 Å². The third-order valence-corrected chi connectivity index (χ3v) is 4.43. The number of para-hydroxylation sites is 1. The van der Waals surface area contributed by atoms with Crippen LogP contribution in [0.5, 0.6) is 11.5 Å². The minimum Gasteiger partial charge on any atom is -0.494 e. The van der Waals surface area contributed by atoms with Crippen LogP contribution < -0.4 is 14.8 Å². The fourth-order valence-corrected chi connectivity index (χ4v) is 2.71. The van der Waals surface area contributed by atoms with E-state index in [-0.39, 0.29) is 5.91 Å². The number of halogens is 1. The van der Waals surface area contributed by atoms with Crippen molar-refractivity contribution in [3.8, 4) is 11.5 Å². The zero-order valence-electron chi connectivity index (χ0n) is 15.5. The van der Waals surface area contributed by atoms with Crippen molar-refractivity contribution in [1.29, 1.82) is 0 Å². The summed E-state index contributed by atoms with van der Waals surface area (Å²) in [5, 5.41) is 3.60. The van der Waals surface area contributed by atoms with Crippen LogP contribution in [0.1, 0.15) is 31.4 Å². The van der Waals surface area contributed by atoms with E-state index in [0.717, 1.165) is 29.7 Å². The molecule has 0 fully saturated rings. The smallest absolute Gasteiger partial charge is 0.260 e.